The van der Waals surface area contributed by atoms with Crippen LogP contribution in [0.15, 0.2) is 30.3 Å². The van der Waals surface area contributed by atoms with Crippen LogP contribution in [0.4, 0.5) is 4.79 Å². The van der Waals surface area contributed by atoms with Gasteiger partial charge in [0.25, 0.3) is 0 Å². The normalized spacial score (nSPS) is 21.4. The third-order valence-corrected chi connectivity index (χ3v) is 5.63. The molecule has 2 N–H and O–H groups in total. The van der Waals surface area contributed by atoms with Crippen molar-refractivity contribution in [2.45, 2.75) is 25.4 Å². The highest BCUT2D eigenvalue weighted by Gasteiger charge is 2.33. The zero-order valence-corrected chi connectivity index (χ0v) is 14.2. The lowest BCUT2D eigenvalue weighted by Gasteiger charge is -2.19. The van der Waals surface area contributed by atoms with Gasteiger partial charge in [-0.1, -0.05) is 30.3 Å². The highest BCUT2D eigenvalue weighted by atomic mass is 32.2. The van der Waals surface area contributed by atoms with Crippen molar-refractivity contribution >= 4 is 15.9 Å². The maximum absolute atomic E-state index is 12.0. The Labute approximate surface area is 137 Å². The van der Waals surface area contributed by atoms with E-state index >= 15 is 0 Å². The van der Waals surface area contributed by atoms with Gasteiger partial charge in [-0.15, -0.1) is 0 Å². The number of hydrogen-bond acceptors (Lipinski definition) is 4. The van der Waals surface area contributed by atoms with E-state index in [-0.39, 0.29) is 30.6 Å². The van der Waals surface area contributed by atoms with Crippen molar-refractivity contribution in [2.75, 3.05) is 31.1 Å². The molecule has 0 saturated carbocycles. The number of nitrogens with zero attached hydrogens (tertiary/aromatic N) is 1. The molecule has 1 aliphatic rings. The average molecular weight is 340 g/mol. The van der Waals surface area contributed by atoms with E-state index in [9.17, 15) is 18.3 Å². The number of aryl methyl sites for hydroxylation is 1. The highest BCUT2D eigenvalue weighted by molar-refractivity contribution is 7.91. The number of hydrogen-bond donors (Lipinski definition) is 2. The molecule has 23 heavy (non-hydrogen) atoms. The Kier molecular flexibility index (Phi) is 5.64. The number of carbonyl (C=O) groups excluding carboxylic acids is 1. The number of benzene rings is 1. The molecule has 7 heteroatoms. The Balaban J connectivity index is 1.71. The predicted octanol–water partition coefficient (Wildman–Crippen LogP) is 0.810. The van der Waals surface area contributed by atoms with Gasteiger partial charge in [-0.05, 0) is 25.3 Å². The zero-order chi connectivity index (χ0) is 16.9. The molecule has 1 saturated heterocycles. The number of rotatable bonds is 6. The second-order valence-electron chi connectivity index (χ2n) is 6.29. The number of likely N-dealkylation sites (tertiary alicyclic amines) is 1. The first-order chi connectivity index (χ1) is 10.8. The smallest absolute Gasteiger partial charge is 0.317 e. The van der Waals surface area contributed by atoms with E-state index in [1.165, 1.54) is 4.90 Å². The Morgan fingerprint density at radius 2 is 2.00 bits per heavy atom. The number of carbonyl (C=O) groups is 1. The van der Waals surface area contributed by atoms with Gasteiger partial charge in [0.2, 0.25) is 0 Å². The summed E-state index contributed by atoms with van der Waals surface area (Å²) in [6.07, 6.45) is 1.02. The number of β-amino-alcohol motifs (C(OH)–C–C–N with tert-alkyl or cyclic N) is 1. The minimum absolute atomic E-state index is 0.0736. The molecule has 1 fully saturated rings. The summed E-state index contributed by atoms with van der Waals surface area (Å²) in [5, 5.41) is 12.4. The van der Waals surface area contributed by atoms with Gasteiger partial charge >= 0.3 is 6.03 Å². The molecule has 0 spiro atoms. The van der Waals surface area contributed by atoms with Crippen LogP contribution in [-0.4, -0.2) is 61.2 Å². The van der Waals surface area contributed by atoms with Crippen LogP contribution in [0.3, 0.4) is 0 Å². The second kappa shape index (κ2) is 7.31. The van der Waals surface area contributed by atoms with Crippen LogP contribution in [0.1, 0.15) is 18.9 Å². The minimum Gasteiger partial charge on any atom is -0.388 e. The number of aliphatic hydroxyl groups is 1. The monoisotopic (exact) mass is 340 g/mol. The summed E-state index contributed by atoms with van der Waals surface area (Å²) < 4.78 is 24.0. The molecule has 1 heterocycles. The van der Waals surface area contributed by atoms with E-state index < -0.39 is 15.4 Å². The van der Waals surface area contributed by atoms with Crippen LogP contribution in [0.25, 0.3) is 0 Å². The maximum atomic E-state index is 12.0. The molecule has 0 bridgehead atoms. The summed E-state index contributed by atoms with van der Waals surface area (Å²) in [6.45, 7) is 2.54. The molecule has 6 nitrogen and oxygen atoms in total. The van der Waals surface area contributed by atoms with Gasteiger partial charge in [0.15, 0.2) is 9.84 Å². The van der Waals surface area contributed by atoms with Gasteiger partial charge in [-0.3, -0.25) is 0 Å². The van der Waals surface area contributed by atoms with Gasteiger partial charge < -0.3 is 15.3 Å². The molecule has 0 aromatic heterocycles. The lowest BCUT2D eigenvalue weighted by atomic mass is 10.1. The third kappa shape index (κ3) is 5.84. The third-order valence-electron chi connectivity index (χ3n) is 3.97. The molecule has 1 aromatic rings. The van der Waals surface area contributed by atoms with E-state index in [0.29, 0.717) is 19.4 Å². The van der Waals surface area contributed by atoms with E-state index in [1.54, 1.807) is 6.92 Å². The fraction of sp³-hybridized carbons (Fsp3) is 0.562. The van der Waals surface area contributed by atoms with Gasteiger partial charge in [0.1, 0.15) is 0 Å². The van der Waals surface area contributed by atoms with E-state index in [0.717, 1.165) is 5.56 Å². The van der Waals surface area contributed by atoms with Gasteiger partial charge in [-0.2, -0.15) is 0 Å². The Morgan fingerprint density at radius 1 is 1.30 bits per heavy atom. The van der Waals surface area contributed by atoms with Crippen LogP contribution in [0, 0.1) is 0 Å². The van der Waals surface area contributed by atoms with Crippen molar-refractivity contribution in [1.29, 1.82) is 0 Å². The number of urea groups is 1. The highest BCUT2D eigenvalue weighted by Crippen LogP contribution is 2.19. The van der Waals surface area contributed by atoms with Crippen molar-refractivity contribution in [3.8, 4) is 0 Å². The molecule has 128 valence electrons. The van der Waals surface area contributed by atoms with Crippen molar-refractivity contribution in [2.24, 2.45) is 0 Å². The second-order valence-corrected chi connectivity index (χ2v) is 8.59. The number of amides is 2. The first-order valence-corrected chi connectivity index (χ1v) is 9.59. The predicted molar refractivity (Wildman–Crippen MR) is 89.0 cm³/mol. The molecule has 0 radical (unpaired) electrons. The van der Waals surface area contributed by atoms with E-state index in [1.807, 2.05) is 30.3 Å². The van der Waals surface area contributed by atoms with Crippen molar-refractivity contribution in [1.82, 2.24) is 10.2 Å². The molecular weight excluding hydrogens is 316 g/mol. The summed E-state index contributed by atoms with van der Waals surface area (Å²) in [5.41, 5.74) is 0.137. The maximum Gasteiger partial charge on any atom is 0.317 e. The first-order valence-electron chi connectivity index (χ1n) is 7.77. The van der Waals surface area contributed by atoms with Crippen molar-refractivity contribution in [3.63, 3.8) is 0 Å². The summed E-state index contributed by atoms with van der Waals surface area (Å²) in [6, 6.07) is 9.14. The van der Waals surface area contributed by atoms with Crippen LogP contribution in [0.2, 0.25) is 0 Å². The lowest BCUT2D eigenvalue weighted by molar-refractivity contribution is 0.0719. The molecular formula is C16H24N2O4S. The summed E-state index contributed by atoms with van der Waals surface area (Å²) in [5.74, 6) is 0.00111. The largest absolute Gasteiger partial charge is 0.388 e. The fourth-order valence-corrected chi connectivity index (χ4v) is 3.73. The molecule has 2 amide bonds. The Hall–Kier alpha value is -1.60. The molecule has 1 aliphatic heterocycles. The van der Waals surface area contributed by atoms with Crippen molar-refractivity contribution in [3.05, 3.63) is 35.9 Å². The minimum atomic E-state index is -3.20. The van der Waals surface area contributed by atoms with Gasteiger partial charge in [0, 0.05) is 13.1 Å². The summed E-state index contributed by atoms with van der Waals surface area (Å²) in [7, 11) is -3.20. The molecule has 1 aromatic carbocycles. The zero-order valence-electron chi connectivity index (χ0n) is 13.4. The van der Waals surface area contributed by atoms with Crippen LogP contribution in [-0.2, 0) is 16.3 Å². The van der Waals surface area contributed by atoms with Gasteiger partial charge in [-0.25, -0.2) is 13.2 Å². The van der Waals surface area contributed by atoms with E-state index in [4.69, 9.17) is 0 Å². The van der Waals surface area contributed by atoms with Crippen LogP contribution < -0.4 is 5.32 Å². The Morgan fingerprint density at radius 3 is 2.61 bits per heavy atom. The van der Waals surface area contributed by atoms with Gasteiger partial charge in [0.05, 0.1) is 23.7 Å². The lowest BCUT2D eigenvalue weighted by Crippen LogP contribution is -2.42. The summed E-state index contributed by atoms with van der Waals surface area (Å²) >= 11 is 0. The molecule has 0 unspecified atom stereocenters. The number of nitrogens with one attached hydrogen (secondary N) is 1. The first kappa shape index (κ1) is 17.7. The molecule has 2 rings (SSSR count). The topological polar surface area (TPSA) is 86.7 Å². The average Bonchev–Trinajstić information content (AvgIpc) is 2.86. The standard InChI is InChI=1S/C16H24N2O4S/c1-16(20)8-10-18(13-16)15(19)17-9-12-23(21,22)11-7-14-5-3-2-4-6-14/h2-6,20H,7-13H2,1H3,(H,17,19)/t16-/m0/s1. The SMILES string of the molecule is C[C@]1(O)CCN(C(=O)NCCS(=O)(=O)CCc2ccccc2)C1. The van der Waals surface area contributed by atoms with E-state index in [2.05, 4.69) is 5.32 Å². The Bertz CT molecular complexity index is 629. The van der Waals surface area contributed by atoms with Crippen LogP contribution >= 0.6 is 0 Å². The molecule has 0 aliphatic carbocycles. The molecule has 1 atom stereocenters. The van der Waals surface area contributed by atoms with Crippen molar-refractivity contribution < 1.29 is 18.3 Å². The summed E-state index contributed by atoms with van der Waals surface area (Å²) in [4.78, 5) is 13.4. The quantitative estimate of drug-likeness (QED) is 0.802. The fourth-order valence-electron chi connectivity index (χ4n) is 2.56. The number of sulfone groups is 1. The van der Waals surface area contributed by atoms with Crippen LogP contribution in [0.5, 0.6) is 0 Å².